The van der Waals surface area contributed by atoms with Crippen molar-refractivity contribution in [3.63, 3.8) is 0 Å². The molecule has 0 saturated carbocycles. The SMILES string of the molecule is CSC1(SC)CC[C@@H](C(=O)O)N1. The maximum Gasteiger partial charge on any atom is 0.320 e. The molecule has 1 atom stereocenters. The Bertz CT molecular complexity index is 182. The summed E-state index contributed by atoms with van der Waals surface area (Å²) in [5, 5.41) is 11.9. The zero-order valence-corrected chi connectivity index (χ0v) is 8.80. The summed E-state index contributed by atoms with van der Waals surface area (Å²) in [5.74, 6) is -0.736. The first-order valence-corrected chi connectivity index (χ1v) is 6.19. The average Bonchev–Trinajstić information content (AvgIpc) is 2.49. The number of hydrogen-bond donors (Lipinski definition) is 2. The molecule has 3 nitrogen and oxygen atoms in total. The summed E-state index contributed by atoms with van der Waals surface area (Å²) in [6.45, 7) is 0. The highest BCUT2D eigenvalue weighted by Crippen LogP contribution is 2.40. The summed E-state index contributed by atoms with van der Waals surface area (Å²) in [6.07, 6.45) is 5.67. The van der Waals surface area contributed by atoms with E-state index in [0.29, 0.717) is 0 Å². The second-order valence-corrected chi connectivity index (χ2v) is 5.20. The summed E-state index contributed by atoms with van der Waals surface area (Å²) in [7, 11) is 0. The predicted octanol–water partition coefficient (Wildman–Crippen LogP) is 1.20. The van der Waals surface area contributed by atoms with E-state index in [1.165, 1.54) is 0 Å². The van der Waals surface area contributed by atoms with E-state index in [0.717, 1.165) is 12.8 Å². The first-order valence-electron chi connectivity index (χ1n) is 3.74. The van der Waals surface area contributed by atoms with Crippen molar-refractivity contribution in [3.8, 4) is 0 Å². The van der Waals surface area contributed by atoms with Gasteiger partial charge in [-0.15, -0.1) is 23.5 Å². The molecule has 0 radical (unpaired) electrons. The molecule has 0 aliphatic carbocycles. The van der Waals surface area contributed by atoms with Crippen LogP contribution in [0.1, 0.15) is 12.8 Å². The summed E-state index contributed by atoms with van der Waals surface area (Å²) < 4.78 is -0.0664. The molecule has 1 rings (SSSR count). The van der Waals surface area contributed by atoms with Crippen molar-refractivity contribution in [2.45, 2.75) is 23.1 Å². The van der Waals surface area contributed by atoms with Gasteiger partial charge in [0.2, 0.25) is 0 Å². The van der Waals surface area contributed by atoms with Crippen LogP contribution in [0.25, 0.3) is 0 Å². The molecular weight excluding hydrogens is 194 g/mol. The average molecular weight is 207 g/mol. The minimum Gasteiger partial charge on any atom is -0.480 e. The van der Waals surface area contributed by atoms with Gasteiger partial charge in [0.15, 0.2) is 0 Å². The maximum atomic E-state index is 10.6. The van der Waals surface area contributed by atoms with Crippen LogP contribution in [0, 0.1) is 0 Å². The molecule has 12 heavy (non-hydrogen) atoms. The Hall–Kier alpha value is 0.130. The lowest BCUT2D eigenvalue weighted by Gasteiger charge is -2.25. The second-order valence-electron chi connectivity index (χ2n) is 2.73. The Morgan fingerprint density at radius 1 is 1.58 bits per heavy atom. The van der Waals surface area contributed by atoms with Gasteiger partial charge in [-0.3, -0.25) is 10.1 Å². The fourth-order valence-corrected chi connectivity index (χ4v) is 3.17. The van der Waals surface area contributed by atoms with E-state index < -0.39 is 5.97 Å². The van der Waals surface area contributed by atoms with Crippen molar-refractivity contribution in [1.82, 2.24) is 5.32 Å². The lowest BCUT2D eigenvalue weighted by atomic mass is 10.2. The molecule has 1 fully saturated rings. The third-order valence-electron chi connectivity index (χ3n) is 2.11. The molecule has 0 aromatic heterocycles. The van der Waals surface area contributed by atoms with Gasteiger partial charge in [-0.05, 0) is 25.4 Å². The number of aliphatic carboxylic acids is 1. The van der Waals surface area contributed by atoms with Gasteiger partial charge in [-0.2, -0.15) is 0 Å². The Morgan fingerprint density at radius 3 is 2.42 bits per heavy atom. The van der Waals surface area contributed by atoms with Crippen LogP contribution in [0.5, 0.6) is 0 Å². The van der Waals surface area contributed by atoms with Gasteiger partial charge < -0.3 is 5.11 Å². The van der Waals surface area contributed by atoms with E-state index in [-0.39, 0.29) is 10.2 Å². The van der Waals surface area contributed by atoms with E-state index in [4.69, 9.17) is 5.11 Å². The number of rotatable bonds is 3. The molecule has 0 unspecified atom stereocenters. The largest absolute Gasteiger partial charge is 0.480 e. The van der Waals surface area contributed by atoms with Crippen molar-refractivity contribution in [2.24, 2.45) is 0 Å². The Kier molecular flexibility index (Phi) is 3.31. The molecule has 0 bridgehead atoms. The zero-order valence-electron chi connectivity index (χ0n) is 7.16. The third-order valence-corrected chi connectivity index (χ3v) is 5.08. The van der Waals surface area contributed by atoms with E-state index in [1.807, 2.05) is 12.5 Å². The zero-order chi connectivity index (χ0) is 9.19. The number of carboxylic acid groups (broad SMARTS) is 1. The van der Waals surface area contributed by atoms with Crippen LogP contribution < -0.4 is 5.32 Å². The highest BCUT2D eigenvalue weighted by molar-refractivity contribution is 8.17. The van der Waals surface area contributed by atoms with Crippen molar-refractivity contribution < 1.29 is 9.90 Å². The van der Waals surface area contributed by atoms with E-state index >= 15 is 0 Å². The van der Waals surface area contributed by atoms with Crippen LogP contribution >= 0.6 is 23.5 Å². The smallest absolute Gasteiger partial charge is 0.320 e. The van der Waals surface area contributed by atoms with Gasteiger partial charge in [0.05, 0.1) is 0 Å². The molecule has 0 amide bonds. The summed E-state index contributed by atoms with van der Waals surface area (Å²) in [4.78, 5) is 10.6. The minimum absolute atomic E-state index is 0.0664. The molecular formula is C7H13NO2S2. The van der Waals surface area contributed by atoms with Gasteiger partial charge in [0.1, 0.15) is 10.2 Å². The monoisotopic (exact) mass is 207 g/mol. The van der Waals surface area contributed by atoms with Crippen LogP contribution in [-0.4, -0.2) is 33.8 Å². The topological polar surface area (TPSA) is 49.3 Å². The molecule has 1 heterocycles. The van der Waals surface area contributed by atoms with E-state index in [1.54, 1.807) is 23.5 Å². The predicted molar refractivity (Wildman–Crippen MR) is 53.6 cm³/mol. The molecule has 2 N–H and O–H groups in total. The number of carboxylic acids is 1. The van der Waals surface area contributed by atoms with Crippen molar-refractivity contribution in [2.75, 3.05) is 12.5 Å². The van der Waals surface area contributed by atoms with E-state index in [9.17, 15) is 4.79 Å². The van der Waals surface area contributed by atoms with Crippen molar-refractivity contribution >= 4 is 29.5 Å². The summed E-state index contributed by atoms with van der Waals surface area (Å²) in [5.41, 5.74) is 0. The fourth-order valence-electron chi connectivity index (χ4n) is 1.33. The van der Waals surface area contributed by atoms with Gasteiger partial charge >= 0.3 is 5.97 Å². The normalized spacial score (nSPS) is 27.3. The first-order chi connectivity index (χ1) is 5.63. The molecule has 70 valence electrons. The molecule has 0 spiro atoms. The summed E-state index contributed by atoms with van der Waals surface area (Å²) >= 11 is 3.38. The van der Waals surface area contributed by atoms with Gasteiger partial charge in [0, 0.05) is 0 Å². The molecule has 5 heteroatoms. The number of nitrogens with one attached hydrogen (secondary N) is 1. The lowest BCUT2D eigenvalue weighted by molar-refractivity contribution is -0.139. The highest BCUT2D eigenvalue weighted by Gasteiger charge is 2.40. The van der Waals surface area contributed by atoms with E-state index in [2.05, 4.69) is 5.32 Å². The third kappa shape index (κ3) is 1.89. The molecule has 0 aromatic carbocycles. The number of hydrogen-bond acceptors (Lipinski definition) is 4. The quantitative estimate of drug-likeness (QED) is 0.681. The molecule has 1 aliphatic heterocycles. The Balaban J connectivity index is 2.58. The van der Waals surface area contributed by atoms with Crippen LogP contribution in [0.15, 0.2) is 0 Å². The summed E-state index contributed by atoms with van der Waals surface area (Å²) in [6, 6.07) is -0.357. The van der Waals surface area contributed by atoms with Crippen molar-refractivity contribution in [3.05, 3.63) is 0 Å². The molecule has 1 saturated heterocycles. The Morgan fingerprint density at radius 2 is 2.17 bits per heavy atom. The highest BCUT2D eigenvalue weighted by atomic mass is 32.2. The maximum absolute atomic E-state index is 10.6. The van der Waals surface area contributed by atoms with Crippen LogP contribution in [0.2, 0.25) is 0 Å². The standard InChI is InChI=1S/C7H13NO2S2/c1-11-7(12-2)4-3-5(8-7)6(9)10/h5,8H,3-4H2,1-2H3,(H,9,10)/t5-/m0/s1. The molecule has 1 aliphatic rings. The van der Waals surface area contributed by atoms with Gasteiger partial charge in [-0.1, -0.05) is 0 Å². The second kappa shape index (κ2) is 3.89. The Labute approximate surface area is 80.7 Å². The first kappa shape index (κ1) is 10.2. The van der Waals surface area contributed by atoms with Crippen LogP contribution in [0.4, 0.5) is 0 Å². The van der Waals surface area contributed by atoms with Crippen LogP contribution in [-0.2, 0) is 4.79 Å². The number of thioether (sulfide) groups is 2. The van der Waals surface area contributed by atoms with Gasteiger partial charge in [-0.25, -0.2) is 0 Å². The molecule has 0 aromatic rings. The lowest BCUT2D eigenvalue weighted by Crippen LogP contribution is -2.40. The van der Waals surface area contributed by atoms with Crippen molar-refractivity contribution in [1.29, 1.82) is 0 Å². The van der Waals surface area contributed by atoms with Crippen LogP contribution in [0.3, 0.4) is 0 Å². The number of carbonyl (C=O) groups is 1. The fraction of sp³-hybridized carbons (Fsp3) is 0.857. The van der Waals surface area contributed by atoms with Gasteiger partial charge in [0.25, 0.3) is 0 Å². The minimum atomic E-state index is -0.736.